The van der Waals surface area contributed by atoms with E-state index in [0.29, 0.717) is 12.8 Å². The van der Waals surface area contributed by atoms with Gasteiger partial charge in [0.2, 0.25) is 5.91 Å². The van der Waals surface area contributed by atoms with Gasteiger partial charge in [0.1, 0.15) is 6.04 Å². The van der Waals surface area contributed by atoms with Gasteiger partial charge < -0.3 is 10.4 Å². The average Bonchev–Trinajstić information content (AvgIpc) is 3.19. The summed E-state index contributed by atoms with van der Waals surface area (Å²) in [5.41, 5.74) is 2.29. The number of aliphatic carboxylic acids is 1. The molecule has 0 bridgehead atoms. The number of aryl methyl sites for hydroxylation is 2. The average molecular weight is 261 g/mol. The molecule has 0 saturated heterocycles. The molecule has 1 amide bonds. The number of rotatable bonds is 6. The molecule has 0 radical (unpaired) electrons. The summed E-state index contributed by atoms with van der Waals surface area (Å²) < 4.78 is 0. The number of amides is 1. The van der Waals surface area contributed by atoms with Crippen molar-refractivity contribution >= 4 is 11.9 Å². The van der Waals surface area contributed by atoms with E-state index >= 15 is 0 Å². The van der Waals surface area contributed by atoms with Crippen molar-refractivity contribution in [1.82, 2.24) is 5.32 Å². The number of nitrogens with one attached hydrogen (secondary N) is 1. The minimum atomic E-state index is -0.924. The highest BCUT2D eigenvalue weighted by Gasteiger charge is 2.37. The summed E-state index contributed by atoms with van der Waals surface area (Å²) in [7, 11) is 0. The summed E-state index contributed by atoms with van der Waals surface area (Å²) in [4.78, 5) is 22.8. The zero-order chi connectivity index (χ0) is 13.8. The van der Waals surface area contributed by atoms with Crippen LogP contribution in [0.2, 0.25) is 0 Å². The predicted molar refractivity (Wildman–Crippen MR) is 71.8 cm³/mol. The normalized spacial score (nSPS) is 15.8. The molecule has 1 unspecified atom stereocenters. The van der Waals surface area contributed by atoms with Crippen molar-refractivity contribution in [1.29, 1.82) is 0 Å². The lowest BCUT2D eigenvalue weighted by atomic mass is 10.0. The first kappa shape index (κ1) is 13.6. The van der Waals surface area contributed by atoms with Gasteiger partial charge in [-0.2, -0.15) is 0 Å². The maximum Gasteiger partial charge on any atom is 0.326 e. The molecule has 4 heteroatoms. The van der Waals surface area contributed by atoms with Crippen molar-refractivity contribution in [2.24, 2.45) is 5.92 Å². The van der Waals surface area contributed by atoms with Crippen LogP contribution in [0.1, 0.15) is 30.4 Å². The first-order chi connectivity index (χ1) is 9.08. The van der Waals surface area contributed by atoms with E-state index < -0.39 is 12.0 Å². The number of hydrogen-bond acceptors (Lipinski definition) is 2. The Morgan fingerprint density at radius 3 is 2.63 bits per heavy atom. The Morgan fingerprint density at radius 1 is 1.37 bits per heavy atom. The van der Waals surface area contributed by atoms with Crippen LogP contribution in [0.3, 0.4) is 0 Å². The monoisotopic (exact) mass is 261 g/mol. The van der Waals surface area contributed by atoms with Crippen LogP contribution in [-0.4, -0.2) is 23.0 Å². The second-order valence-electron chi connectivity index (χ2n) is 5.15. The standard InChI is InChI=1S/C15H19NO3/c1-10-4-2-3-5-11(10)8-9-13(17)16-14(15(18)19)12-6-7-12/h2-5,12,14H,6-9H2,1H3,(H,16,17)(H,18,19). The van der Waals surface area contributed by atoms with E-state index in [2.05, 4.69) is 5.32 Å². The number of carbonyl (C=O) groups is 2. The van der Waals surface area contributed by atoms with Gasteiger partial charge in [0.25, 0.3) is 0 Å². The Kier molecular flexibility index (Phi) is 4.20. The topological polar surface area (TPSA) is 66.4 Å². The van der Waals surface area contributed by atoms with Gasteiger partial charge in [-0.15, -0.1) is 0 Å². The zero-order valence-electron chi connectivity index (χ0n) is 11.1. The lowest BCUT2D eigenvalue weighted by molar-refractivity contribution is -0.142. The van der Waals surface area contributed by atoms with E-state index in [-0.39, 0.29) is 11.8 Å². The van der Waals surface area contributed by atoms with Gasteiger partial charge in [0.05, 0.1) is 0 Å². The van der Waals surface area contributed by atoms with Crippen LogP contribution < -0.4 is 5.32 Å². The van der Waals surface area contributed by atoms with Gasteiger partial charge >= 0.3 is 5.97 Å². The molecule has 4 nitrogen and oxygen atoms in total. The Balaban J connectivity index is 1.84. The predicted octanol–water partition coefficient (Wildman–Crippen LogP) is 1.91. The summed E-state index contributed by atoms with van der Waals surface area (Å²) in [6, 6.07) is 7.22. The molecule has 1 aliphatic carbocycles. The number of carbonyl (C=O) groups excluding carboxylic acids is 1. The van der Waals surface area contributed by atoms with Crippen LogP contribution in [0, 0.1) is 12.8 Å². The number of carboxylic acids is 1. The Bertz CT molecular complexity index is 480. The van der Waals surface area contributed by atoms with E-state index in [1.54, 1.807) is 0 Å². The maximum atomic E-state index is 11.8. The lowest BCUT2D eigenvalue weighted by Crippen LogP contribution is -2.42. The molecule has 2 rings (SSSR count). The maximum absolute atomic E-state index is 11.8. The SMILES string of the molecule is Cc1ccccc1CCC(=O)NC(C(=O)O)C1CC1. The summed E-state index contributed by atoms with van der Waals surface area (Å²) in [6.45, 7) is 2.01. The van der Waals surface area contributed by atoms with Crippen molar-refractivity contribution in [3.8, 4) is 0 Å². The minimum absolute atomic E-state index is 0.125. The van der Waals surface area contributed by atoms with Crippen LogP contribution in [0.15, 0.2) is 24.3 Å². The van der Waals surface area contributed by atoms with E-state index in [1.807, 2.05) is 31.2 Å². The third-order valence-corrected chi connectivity index (χ3v) is 3.56. The van der Waals surface area contributed by atoms with Crippen molar-refractivity contribution in [2.45, 2.75) is 38.6 Å². The van der Waals surface area contributed by atoms with Crippen LogP contribution in [-0.2, 0) is 16.0 Å². The fourth-order valence-electron chi connectivity index (χ4n) is 2.20. The smallest absolute Gasteiger partial charge is 0.326 e. The quantitative estimate of drug-likeness (QED) is 0.822. The molecular weight excluding hydrogens is 242 g/mol. The van der Waals surface area contributed by atoms with Crippen LogP contribution in [0.4, 0.5) is 0 Å². The van der Waals surface area contributed by atoms with E-state index in [4.69, 9.17) is 5.11 Å². The van der Waals surface area contributed by atoms with Gasteiger partial charge in [0, 0.05) is 6.42 Å². The van der Waals surface area contributed by atoms with Gasteiger partial charge in [-0.1, -0.05) is 24.3 Å². The van der Waals surface area contributed by atoms with Gasteiger partial charge in [-0.3, -0.25) is 4.79 Å². The summed E-state index contributed by atoms with van der Waals surface area (Å²) >= 11 is 0. The molecule has 1 fully saturated rings. The number of carboxylic acid groups (broad SMARTS) is 1. The molecule has 19 heavy (non-hydrogen) atoms. The Morgan fingerprint density at radius 2 is 2.05 bits per heavy atom. The van der Waals surface area contributed by atoms with Crippen molar-refractivity contribution in [2.75, 3.05) is 0 Å². The van der Waals surface area contributed by atoms with Crippen LogP contribution in [0.5, 0.6) is 0 Å². The Hall–Kier alpha value is -1.84. The van der Waals surface area contributed by atoms with Crippen LogP contribution >= 0.6 is 0 Å². The third-order valence-electron chi connectivity index (χ3n) is 3.56. The lowest BCUT2D eigenvalue weighted by Gasteiger charge is -2.13. The number of hydrogen-bond donors (Lipinski definition) is 2. The second kappa shape index (κ2) is 5.87. The fraction of sp³-hybridized carbons (Fsp3) is 0.467. The molecule has 2 N–H and O–H groups in total. The van der Waals surface area contributed by atoms with E-state index in [1.165, 1.54) is 0 Å². The molecule has 0 spiro atoms. The van der Waals surface area contributed by atoms with Crippen molar-refractivity contribution in [3.05, 3.63) is 35.4 Å². The van der Waals surface area contributed by atoms with Gasteiger partial charge in [0.15, 0.2) is 0 Å². The number of benzene rings is 1. The molecule has 1 atom stereocenters. The van der Waals surface area contributed by atoms with E-state index in [9.17, 15) is 9.59 Å². The summed E-state index contributed by atoms with van der Waals surface area (Å²) in [5.74, 6) is -0.978. The summed E-state index contributed by atoms with van der Waals surface area (Å²) in [6.07, 6.45) is 2.78. The molecular formula is C15H19NO3. The van der Waals surface area contributed by atoms with Gasteiger partial charge in [-0.25, -0.2) is 4.79 Å². The highest BCUT2D eigenvalue weighted by molar-refractivity contribution is 5.84. The van der Waals surface area contributed by atoms with Crippen molar-refractivity contribution < 1.29 is 14.7 Å². The molecule has 1 aliphatic rings. The molecule has 0 aliphatic heterocycles. The fourth-order valence-corrected chi connectivity index (χ4v) is 2.20. The third kappa shape index (κ3) is 3.81. The first-order valence-electron chi connectivity index (χ1n) is 6.64. The zero-order valence-corrected chi connectivity index (χ0v) is 11.1. The minimum Gasteiger partial charge on any atom is -0.480 e. The van der Waals surface area contributed by atoms with Crippen LogP contribution in [0.25, 0.3) is 0 Å². The Labute approximate surface area is 112 Å². The molecule has 0 heterocycles. The summed E-state index contributed by atoms with van der Waals surface area (Å²) in [5, 5.41) is 11.7. The molecule has 1 saturated carbocycles. The molecule has 102 valence electrons. The molecule has 1 aromatic carbocycles. The van der Waals surface area contributed by atoms with Crippen molar-refractivity contribution in [3.63, 3.8) is 0 Å². The van der Waals surface area contributed by atoms with E-state index in [0.717, 1.165) is 24.0 Å². The molecule has 1 aromatic rings. The largest absolute Gasteiger partial charge is 0.480 e. The van der Waals surface area contributed by atoms with Gasteiger partial charge in [-0.05, 0) is 43.2 Å². The second-order valence-corrected chi connectivity index (χ2v) is 5.15. The highest BCUT2D eigenvalue weighted by atomic mass is 16.4. The first-order valence-corrected chi connectivity index (χ1v) is 6.64. The highest BCUT2D eigenvalue weighted by Crippen LogP contribution is 2.32. The molecule has 0 aromatic heterocycles.